The number of furan rings is 1. The van der Waals surface area contributed by atoms with Crippen LogP contribution < -0.4 is 0 Å². The highest BCUT2D eigenvalue weighted by molar-refractivity contribution is 6.01. The minimum Gasteiger partial charge on any atom is -0.455 e. The molecule has 0 saturated carbocycles. The zero-order chi connectivity index (χ0) is 17.2. The zero-order valence-electron chi connectivity index (χ0n) is 14.1. The van der Waals surface area contributed by atoms with E-state index in [0.717, 1.165) is 39.0 Å². The Morgan fingerprint density at radius 3 is 2.24 bits per heavy atom. The third-order valence-electron chi connectivity index (χ3n) is 4.40. The quantitative estimate of drug-likeness (QED) is 0.386. The molecule has 0 radical (unpaired) electrons. The number of para-hydroxylation sites is 1. The summed E-state index contributed by atoms with van der Waals surface area (Å²) in [7, 11) is 0. The maximum absolute atomic E-state index is 6.22. The van der Waals surface area contributed by atoms with E-state index < -0.39 is 0 Å². The van der Waals surface area contributed by atoms with E-state index in [0.29, 0.717) is 0 Å². The van der Waals surface area contributed by atoms with E-state index in [1.165, 1.54) is 5.56 Å². The summed E-state index contributed by atoms with van der Waals surface area (Å²) in [6.45, 7) is 6.04. The van der Waals surface area contributed by atoms with Gasteiger partial charge in [0.15, 0.2) is 0 Å². The lowest BCUT2D eigenvalue weighted by Crippen LogP contribution is -1.89. The summed E-state index contributed by atoms with van der Waals surface area (Å²) in [5.74, 6) is 0.855. The van der Waals surface area contributed by atoms with Gasteiger partial charge in [0.25, 0.3) is 0 Å². The molecule has 1 heteroatoms. The zero-order valence-corrected chi connectivity index (χ0v) is 14.1. The van der Waals surface area contributed by atoms with Crippen LogP contribution in [0.3, 0.4) is 0 Å². The monoisotopic (exact) mass is 322 g/mol. The van der Waals surface area contributed by atoms with Crippen LogP contribution in [-0.4, -0.2) is 0 Å². The molecule has 0 saturated heterocycles. The lowest BCUT2D eigenvalue weighted by atomic mass is 9.93. The molecular formula is C24H18O. The maximum atomic E-state index is 6.22. The van der Waals surface area contributed by atoms with Crippen LogP contribution in [0.15, 0.2) is 95.6 Å². The third-order valence-corrected chi connectivity index (χ3v) is 4.40. The molecule has 4 rings (SSSR count). The average Bonchev–Trinajstić information content (AvgIpc) is 3.04. The van der Waals surface area contributed by atoms with Gasteiger partial charge in [0.1, 0.15) is 11.3 Å². The fourth-order valence-corrected chi connectivity index (χ4v) is 3.14. The number of aryl methyl sites for hydroxylation is 1. The maximum Gasteiger partial charge on any atom is 0.143 e. The average molecular weight is 322 g/mol. The predicted molar refractivity (Wildman–Crippen MR) is 104 cm³/mol. The molecule has 0 aliphatic heterocycles. The van der Waals surface area contributed by atoms with E-state index in [2.05, 4.69) is 61.7 Å². The van der Waals surface area contributed by atoms with Crippen LogP contribution in [0.2, 0.25) is 0 Å². The lowest BCUT2D eigenvalue weighted by molar-refractivity contribution is 0.630. The number of hydrogen-bond donors (Lipinski definition) is 0. The number of hydrogen-bond acceptors (Lipinski definition) is 1. The Balaban J connectivity index is 2.02. The van der Waals surface area contributed by atoms with Gasteiger partial charge in [-0.05, 0) is 18.6 Å². The van der Waals surface area contributed by atoms with E-state index in [1.54, 1.807) is 0 Å². The van der Waals surface area contributed by atoms with E-state index in [1.807, 2.05) is 36.4 Å². The van der Waals surface area contributed by atoms with Crippen LogP contribution in [0, 0.1) is 6.92 Å². The van der Waals surface area contributed by atoms with Gasteiger partial charge in [0.2, 0.25) is 0 Å². The van der Waals surface area contributed by atoms with Gasteiger partial charge in [0, 0.05) is 22.1 Å². The molecule has 0 fully saturated rings. The molecule has 1 nitrogen and oxygen atoms in total. The standard InChI is InChI=1S/C24H18O/c1-3-20(18-15-13-17(2)14-16-18)23-21-11-7-8-12-22(21)25-24(23)19-9-5-4-6-10-19/h4-16H,1H2,2H3. The SMILES string of the molecule is C=C=C(c1ccc(C)cc1)c1c(-c2ccccc2)oc2ccccc12. The van der Waals surface area contributed by atoms with Gasteiger partial charge in [-0.1, -0.05) is 84.9 Å². The first-order chi connectivity index (χ1) is 12.3. The normalized spacial score (nSPS) is 10.6. The summed E-state index contributed by atoms with van der Waals surface area (Å²) in [5.41, 5.74) is 9.39. The van der Waals surface area contributed by atoms with Gasteiger partial charge >= 0.3 is 0 Å². The summed E-state index contributed by atoms with van der Waals surface area (Å²) in [5, 5.41) is 1.08. The summed E-state index contributed by atoms with van der Waals surface area (Å²) < 4.78 is 6.22. The van der Waals surface area contributed by atoms with E-state index in [9.17, 15) is 0 Å². The Kier molecular flexibility index (Phi) is 3.85. The molecule has 120 valence electrons. The molecule has 3 aromatic carbocycles. The largest absolute Gasteiger partial charge is 0.455 e. The number of fused-ring (bicyclic) bond motifs is 1. The van der Waals surface area contributed by atoms with E-state index in [-0.39, 0.29) is 0 Å². The van der Waals surface area contributed by atoms with Crippen molar-refractivity contribution in [3.63, 3.8) is 0 Å². The lowest BCUT2D eigenvalue weighted by Gasteiger charge is -2.08. The van der Waals surface area contributed by atoms with Gasteiger partial charge in [0.05, 0.1) is 0 Å². The summed E-state index contributed by atoms with van der Waals surface area (Å²) in [6, 6.07) is 26.7. The van der Waals surface area contributed by atoms with Crippen molar-refractivity contribution >= 4 is 16.5 Å². The summed E-state index contributed by atoms with van der Waals surface area (Å²) in [4.78, 5) is 0. The van der Waals surface area contributed by atoms with Crippen molar-refractivity contribution in [1.29, 1.82) is 0 Å². The Hall–Kier alpha value is -3.28. The molecule has 0 unspecified atom stereocenters. The molecule has 1 heterocycles. The molecule has 0 amide bonds. The van der Waals surface area contributed by atoms with E-state index in [4.69, 9.17) is 4.42 Å². The molecule has 0 spiro atoms. The number of benzene rings is 3. The van der Waals surface area contributed by atoms with Crippen molar-refractivity contribution in [2.45, 2.75) is 6.92 Å². The fraction of sp³-hybridized carbons (Fsp3) is 0.0417. The van der Waals surface area contributed by atoms with Crippen molar-refractivity contribution in [2.75, 3.05) is 0 Å². The topological polar surface area (TPSA) is 13.1 Å². The minimum atomic E-state index is 0.855. The smallest absolute Gasteiger partial charge is 0.143 e. The van der Waals surface area contributed by atoms with Crippen LogP contribution in [0.25, 0.3) is 27.9 Å². The first-order valence-corrected chi connectivity index (χ1v) is 8.32. The molecular weight excluding hydrogens is 304 g/mol. The van der Waals surface area contributed by atoms with Crippen LogP contribution in [0.5, 0.6) is 0 Å². The Morgan fingerprint density at radius 1 is 0.840 bits per heavy atom. The van der Waals surface area contributed by atoms with Gasteiger partial charge < -0.3 is 4.42 Å². The highest BCUT2D eigenvalue weighted by Crippen LogP contribution is 2.39. The summed E-state index contributed by atoms with van der Waals surface area (Å²) in [6.07, 6.45) is 0. The third kappa shape index (κ3) is 2.71. The molecule has 0 N–H and O–H groups in total. The highest BCUT2D eigenvalue weighted by atomic mass is 16.3. The molecule has 4 aromatic rings. The van der Waals surface area contributed by atoms with Crippen LogP contribution in [-0.2, 0) is 0 Å². The second-order valence-corrected chi connectivity index (χ2v) is 6.09. The van der Waals surface area contributed by atoms with Gasteiger partial charge in [-0.15, -0.1) is 5.73 Å². The molecule has 0 atom stereocenters. The highest BCUT2D eigenvalue weighted by Gasteiger charge is 2.19. The molecule has 25 heavy (non-hydrogen) atoms. The van der Waals surface area contributed by atoms with Crippen molar-refractivity contribution in [3.8, 4) is 11.3 Å². The molecule has 1 aromatic heterocycles. The molecule has 0 aliphatic carbocycles. The Bertz CT molecular complexity index is 1080. The second kappa shape index (κ2) is 6.32. The predicted octanol–water partition coefficient (Wildman–Crippen LogP) is 6.62. The van der Waals surface area contributed by atoms with Crippen LogP contribution in [0.1, 0.15) is 16.7 Å². The fourth-order valence-electron chi connectivity index (χ4n) is 3.14. The van der Waals surface area contributed by atoms with Gasteiger partial charge in [-0.2, -0.15) is 0 Å². The Morgan fingerprint density at radius 2 is 1.52 bits per heavy atom. The molecule has 0 aliphatic rings. The minimum absolute atomic E-state index is 0.855. The van der Waals surface area contributed by atoms with Crippen molar-refractivity contribution in [3.05, 3.63) is 108 Å². The first-order valence-electron chi connectivity index (χ1n) is 8.32. The summed E-state index contributed by atoms with van der Waals surface area (Å²) >= 11 is 0. The van der Waals surface area contributed by atoms with E-state index >= 15 is 0 Å². The van der Waals surface area contributed by atoms with Gasteiger partial charge in [-0.25, -0.2) is 0 Å². The Labute approximate surface area is 147 Å². The second-order valence-electron chi connectivity index (χ2n) is 6.09. The molecule has 0 bridgehead atoms. The van der Waals surface area contributed by atoms with Crippen molar-refractivity contribution in [2.24, 2.45) is 0 Å². The first kappa shape index (κ1) is 15.3. The van der Waals surface area contributed by atoms with Crippen molar-refractivity contribution in [1.82, 2.24) is 0 Å². The van der Waals surface area contributed by atoms with Crippen molar-refractivity contribution < 1.29 is 4.42 Å². The van der Waals surface area contributed by atoms with Crippen LogP contribution >= 0.6 is 0 Å². The number of rotatable bonds is 3. The van der Waals surface area contributed by atoms with Crippen LogP contribution in [0.4, 0.5) is 0 Å². The van der Waals surface area contributed by atoms with Gasteiger partial charge in [-0.3, -0.25) is 0 Å².